The summed E-state index contributed by atoms with van der Waals surface area (Å²) in [6.45, 7) is 2.16. The lowest BCUT2D eigenvalue weighted by molar-refractivity contribution is -0.265. The Bertz CT molecular complexity index is 1380. The number of fused-ring (bicyclic) bond motifs is 1. The zero-order valence-corrected chi connectivity index (χ0v) is 21.9. The molecule has 2 aromatic carbocycles. The van der Waals surface area contributed by atoms with Crippen LogP contribution in [0.25, 0.3) is 11.3 Å². The summed E-state index contributed by atoms with van der Waals surface area (Å²) < 4.78 is 73.0. The predicted molar refractivity (Wildman–Crippen MR) is 136 cm³/mol. The number of carbonyl (C=O) groups is 1. The van der Waals surface area contributed by atoms with Crippen LogP contribution in [0.2, 0.25) is 0 Å². The molecule has 3 N–H and O–H groups in total. The first kappa shape index (κ1) is 29.1. The quantitative estimate of drug-likeness (QED) is 0.332. The van der Waals surface area contributed by atoms with Gasteiger partial charge < -0.3 is 29.7 Å². The van der Waals surface area contributed by atoms with Crippen LogP contribution in [-0.4, -0.2) is 60.3 Å². The Labute approximate surface area is 227 Å². The van der Waals surface area contributed by atoms with Crippen LogP contribution in [0.15, 0.2) is 48.5 Å². The summed E-state index contributed by atoms with van der Waals surface area (Å²) in [6, 6.07) is 10.1. The number of aliphatic hydroxyl groups excluding tert-OH is 1. The number of aliphatic hydroxyl groups is 2. The highest BCUT2D eigenvalue weighted by atomic mass is 19.4. The Morgan fingerprint density at radius 3 is 2.50 bits per heavy atom. The Kier molecular flexibility index (Phi) is 8.22. The van der Waals surface area contributed by atoms with Crippen molar-refractivity contribution in [3.63, 3.8) is 0 Å². The van der Waals surface area contributed by atoms with Gasteiger partial charge in [0.2, 0.25) is 5.60 Å². The molecule has 3 atom stereocenters. The maximum absolute atomic E-state index is 14.4. The molecule has 0 radical (unpaired) electrons. The molecule has 8 nitrogen and oxygen atoms in total. The molecule has 214 valence electrons. The molecule has 0 fully saturated rings. The average Bonchev–Trinajstić information content (AvgIpc) is 3.30. The van der Waals surface area contributed by atoms with E-state index in [1.165, 1.54) is 44.4 Å². The second-order valence-electron chi connectivity index (χ2n) is 9.56. The number of rotatable bonds is 9. The molecule has 1 amide bonds. The fraction of sp³-hybridized carbons (Fsp3) is 0.357. The van der Waals surface area contributed by atoms with Crippen molar-refractivity contribution in [2.24, 2.45) is 0 Å². The standard InChI is InChI=1S/C28H28F4N2O6/c1-15-12-40-25-20(15)11-23(34-24(25)17-4-7-19(29)8-5-17)27(37,28(30,31)32)14-33-26(36)18-6-9-21(22(10-18)38-3)39-13-16(2)35/h4-11,15-16,35,37H,12-14H2,1-3H3,(H,33,36)/t15?,16-,27?/m1/s1. The zero-order chi connectivity index (χ0) is 29.2. The molecule has 1 aliphatic rings. The second-order valence-corrected chi connectivity index (χ2v) is 9.56. The van der Waals surface area contributed by atoms with Gasteiger partial charge in [-0.25, -0.2) is 9.37 Å². The number of nitrogens with zero attached hydrogens (tertiary/aromatic N) is 1. The smallest absolute Gasteiger partial charge is 0.424 e. The lowest BCUT2D eigenvalue weighted by atomic mass is 9.92. The van der Waals surface area contributed by atoms with Gasteiger partial charge in [0, 0.05) is 22.6 Å². The van der Waals surface area contributed by atoms with Crippen LogP contribution < -0.4 is 19.5 Å². The largest absolute Gasteiger partial charge is 0.493 e. The number of benzene rings is 2. The van der Waals surface area contributed by atoms with E-state index in [9.17, 15) is 32.6 Å². The number of ether oxygens (including phenoxy) is 3. The van der Waals surface area contributed by atoms with Crippen molar-refractivity contribution in [2.45, 2.75) is 37.6 Å². The number of aromatic nitrogens is 1. The maximum atomic E-state index is 14.4. The Hall–Kier alpha value is -3.90. The minimum atomic E-state index is -5.24. The van der Waals surface area contributed by atoms with E-state index in [0.717, 1.165) is 18.2 Å². The van der Waals surface area contributed by atoms with E-state index in [4.69, 9.17) is 14.2 Å². The molecule has 40 heavy (non-hydrogen) atoms. The molecular weight excluding hydrogens is 536 g/mol. The SMILES string of the molecule is COc1cc(C(=O)NCC(O)(c2cc3c(c(-c4ccc(F)cc4)n2)OCC3C)C(F)(F)F)ccc1OC[C@@H](C)O. The van der Waals surface area contributed by atoms with Gasteiger partial charge in [-0.2, -0.15) is 13.2 Å². The van der Waals surface area contributed by atoms with E-state index < -0.39 is 41.8 Å². The van der Waals surface area contributed by atoms with Gasteiger partial charge in [-0.1, -0.05) is 6.92 Å². The number of nitrogens with one attached hydrogen (secondary N) is 1. The van der Waals surface area contributed by atoms with E-state index in [-0.39, 0.29) is 47.6 Å². The Morgan fingerprint density at radius 2 is 1.88 bits per heavy atom. The molecule has 12 heteroatoms. The van der Waals surface area contributed by atoms with E-state index in [1.54, 1.807) is 6.92 Å². The summed E-state index contributed by atoms with van der Waals surface area (Å²) in [5.41, 5.74) is -3.65. The molecule has 2 unspecified atom stereocenters. The second kappa shape index (κ2) is 11.3. The third kappa shape index (κ3) is 5.82. The van der Waals surface area contributed by atoms with E-state index in [0.29, 0.717) is 11.1 Å². The summed E-state index contributed by atoms with van der Waals surface area (Å²) in [5, 5.41) is 22.6. The number of hydrogen-bond donors (Lipinski definition) is 3. The number of halogens is 4. The van der Waals surface area contributed by atoms with E-state index in [1.807, 2.05) is 0 Å². The van der Waals surface area contributed by atoms with E-state index in [2.05, 4.69) is 10.3 Å². The number of amides is 1. The molecule has 1 aliphatic heterocycles. The molecule has 0 saturated carbocycles. The number of carbonyl (C=O) groups excluding carboxylic acids is 1. The van der Waals surface area contributed by atoms with Gasteiger partial charge in [-0.3, -0.25) is 4.79 Å². The van der Waals surface area contributed by atoms with Crippen LogP contribution in [-0.2, 0) is 5.60 Å². The van der Waals surface area contributed by atoms with Crippen molar-refractivity contribution in [2.75, 3.05) is 26.9 Å². The third-order valence-corrected chi connectivity index (χ3v) is 6.43. The third-order valence-electron chi connectivity index (χ3n) is 6.43. The van der Waals surface area contributed by atoms with Crippen molar-refractivity contribution in [1.29, 1.82) is 0 Å². The number of pyridine rings is 1. The summed E-state index contributed by atoms with van der Waals surface area (Å²) in [6.07, 6.45) is -6.00. The molecule has 4 rings (SSSR count). The van der Waals surface area contributed by atoms with Crippen LogP contribution >= 0.6 is 0 Å². The first-order chi connectivity index (χ1) is 18.8. The minimum absolute atomic E-state index is 0.0170. The van der Waals surface area contributed by atoms with Crippen molar-refractivity contribution in [3.05, 3.63) is 71.2 Å². The Morgan fingerprint density at radius 1 is 1.18 bits per heavy atom. The Balaban J connectivity index is 1.67. The molecule has 2 heterocycles. The van der Waals surface area contributed by atoms with Crippen LogP contribution in [0.4, 0.5) is 17.6 Å². The highest BCUT2D eigenvalue weighted by Crippen LogP contribution is 2.45. The van der Waals surface area contributed by atoms with Gasteiger partial charge in [0.25, 0.3) is 5.91 Å². The molecule has 3 aromatic rings. The zero-order valence-electron chi connectivity index (χ0n) is 21.9. The van der Waals surface area contributed by atoms with Crippen molar-refractivity contribution in [1.82, 2.24) is 10.3 Å². The van der Waals surface area contributed by atoms with Crippen LogP contribution in [0.5, 0.6) is 17.2 Å². The molecule has 0 saturated heterocycles. The van der Waals surface area contributed by atoms with Crippen molar-refractivity contribution >= 4 is 5.91 Å². The van der Waals surface area contributed by atoms with Crippen LogP contribution in [0.3, 0.4) is 0 Å². The average molecular weight is 565 g/mol. The first-order valence-electron chi connectivity index (χ1n) is 12.3. The van der Waals surface area contributed by atoms with Crippen molar-refractivity contribution in [3.8, 4) is 28.5 Å². The predicted octanol–water partition coefficient (Wildman–Crippen LogP) is 4.33. The van der Waals surface area contributed by atoms with Gasteiger partial charge in [-0.15, -0.1) is 0 Å². The highest BCUT2D eigenvalue weighted by molar-refractivity contribution is 5.95. The summed E-state index contributed by atoms with van der Waals surface area (Å²) in [5.74, 6) is -1.16. The fourth-order valence-corrected chi connectivity index (χ4v) is 4.17. The van der Waals surface area contributed by atoms with Gasteiger partial charge in [0.15, 0.2) is 11.5 Å². The lowest BCUT2D eigenvalue weighted by Crippen LogP contribution is -2.51. The van der Waals surface area contributed by atoms with Gasteiger partial charge in [0.1, 0.15) is 23.9 Å². The summed E-state index contributed by atoms with van der Waals surface area (Å²) in [4.78, 5) is 17.0. The molecule has 0 bridgehead atoms. The lowest BCUT2D eigenvalue weighted by Gasteiger charge is -2.31. The topological polar surface area (TPSA) is 110 Å². The van der Waals surface area contributed by atoms with E-state index >= 15 is 0 Å². The molecule has 0 spiro atoms. The van der Waals surface area contributed by atoms with Gasteiger partial charge in [-0.05, 0) is 55.5 Å². The van der Waals surface area contributed by atoms with Crippen molar-refractivity contribution < 1.29 is 46.8 Å². The van der Waals surface area contributed by atoms with Gasteiger partial charge in [0.05, 0.1) is 32.1 Å². The first-order valence-corrected chi connectivity index (χ1v) is 12.3. The summed E-state index contributed by atoms with van der Waals surface area (Å²) in [7, 11) is 1.32. The fourth-order valence-electron chi connectivity index (χ4n) is 4.17. The molecule has 1 aromatic heterocycles. The summed E-state index contributed by atoms with van der Waals surface area (Å²) >= 11 is 0. The highest BCUT2D eigenvalue weighted by Gasteiger charge is 2.57. The van der Waals surface area contributed by atoms with Crippen LogP contribution in [0, 0.1) is 5.82 Å². The number of alkyl halides is 3. The number of methoxy groups -OCH3 is 1. The number of hydrogen-bond acceptors (Lipinski definition) is 7. The molecular formula is C28H28F4N2O6. The monoisotopic (exact) mass is 564 g/mol. The maximum Gasteiger partial charge on any atom is 0.424 e. The van der Waals surface area contributed by atoms with Gasteiger partial charge >= 0.3 is 6.18 Å². The molecule has 0 aliphatic carbocycles. The van der Waals surface area contributed by atoms with Crippen LogP contribution in [0.1, 0.15) is 41.4 Å². The minimum Gasteiger partial charge on any atom is -0.493 e. The normalized spacial score (nSPS) is 16.9.